The molecule has 0 unspecified atom stereocenters. The number of hydrogen-bond acceptors (Lipinski definition) is 3. The van der Waals surface area contributed by atoms with E-state index in [2.05, 4.69) is 4.98 Å². The van der Waals surface area contributed by atoms with E-state index in [1.165, 1.54) is 0 Å². The lowest BCUT2D eigenvalue weighted by molar-refractivity contribution is 0.0666. The van der Waals surface area contributed by atoms with E-state index in [4.69, 9.17) is 4.42 Å². The summed E-state index contributed by atoms with van der Waals surface area (Å²) < 4.78 is 5.58. The van der Waals surface area contributed by atoms with Gasteiger partial charge in [-0.25, -0.2) is 4.79 Å². The van der Waals surface area contributed by atoms with Crippen LogP contribution in [0.3, 0.4) is 0 Å². The number of benzene rings is 2. The van der Waals surface area contributed by atoms with Crippen LogP contribution in [0.1, 0.15) is 10.6 Å². The monoisotopic (exact) mass is 293 g/mol. The van der Waals surface area contributed by atoms with Gasteiger partial charge in [0.25, 0.3) is 0 Å². The summed E-state index contributed by atoms with van der Waals surface area (Å²) in [5.74, 6) is -0.961. The minimum atomic E-state index is -1.14. The molecule has 0 bridgehead atoms. The molecule has 0 amide bonds. The second kappa shape index (κ2) is 4.39. The van der Waals surface area contributed by atoms with Gasteiger partial charge in [-0.15, -0.1) is 0 Å². The summed E-state index contributed by atoms with van der Waals surface area (Å²) in [4.78, 5) is 14.3. The number of nitrogens with one attached hydrogen (secondary N) is 1. The van der Waals surface area contributed by atoms with Crippen molar-refractivity contribution in [2.45, 2.75) is 0 Å². The maximum atomic E-state index is 11.4. The Morgan fingerprint density at radius 2 is 1.59 bits per heavy atom. The van der Waals surface area contributed by atoms with Gasteiger partial charge in [0.15, 0.2) is 0 Å². The molecule has 108 valence electrons. The Hall–Kier alpha value is -3.21. The third kappa shape index (κ3) is 1.62. The van der Waals surface area contributed by atoms with Crippen LogP contribution in [0.5, 0.6) is 5.88 Å². The van der Waals surface area contributed by atoms with Crippen LogP contribution in [0, 0.1) is 0 Å². The number of hydrogen-bond donors (Lipinski definition) is 3. The average Bonchev–Trinajstić information content (AvgIpc) is 3.04. The van der Waals surface area contributed by atoms with Gasteiger partial charge in [0.1, 0.15) is 5.76 Å². The Morgan fingerprint density at radius 1 is 0.955 bits per heavy atom. The molecule has 2 aromatic heterocycles. The maximum Gasteiger partial charge on any atom is 0.372 e. The average molecular weight is 293 g/mol. The van der Waals surface area contributed by atoms with Crippen LogP contribution in [0.4, 0.5) is 0 Å². The predicted octanol–water partition coefficient (Wildman–Crippen LogP) is 3.98. The first-order valence-electron chi connectivity index (χ1n) is 6.71. The molecule has 0 saturated carbocycles. The van der Waals surface area contributed by atoms with Gasteiger partial charge in [-0.05, 0) is 6.07 Å². The van der Waals surface area contributed by atoms with E-state index in [1.54, 1.807) is 24.3 Å². The number of aromatic nitrogens is 1. The van der Waals surface area contributed by atoms with E-state index in [-0.39, 0.29) is 11.6 Å². The first-order valence-corrected chi connectivity index (χ1v) is 6.71. The third-order valence-corrected chi connectivity index (χ3v) is 3.73. The Balaban J connectivity index is 2.13. The number of carbonyl (C=O) groups is 1. The topological polar surface area (TPSA) is 86.5 Å². The smallest absolute Gasteiger partial charge is 0.372 e. The predicted molar refractivity (Wildman–Crippen MR) is 82.1 cm³/mol. The van der Waals surface area contributed by atoms with Crippen molar-refractivity contribution in [3.8, 4) is 17.2 Å². The van der Waals surface area contributed by atoms with Crippen molar-refractivity contribution >= 4 is 27.6 Å². The number of fused-ring (bicyclic) bond motifs is 2. The van der Waals surface area contributed by atoms with E-state index in [1.807, 2.05) is 24.3 Å². The molecular formula is C17H11NO4. The summed E-state index contributed by atoms with van der Waals surface area (Å²) in [6.45, 7) is 0. The number of H-pyrrole nitrogens is 1. The van der Waals surface area contributed by atoms with E-state index in [0.717, 1.165) is 10.9 Å². The van der Waals surface area contributed by atoms with Gasteiger partial charge in [-0.3, -0.25) is 0 Å². The van der Waals surface area contributed by atoms with Crippen molar-refractivity contribution < 1.29 is 19.4 Å². The zero-order valence-corrected chi connectivity index (χ0v) is 11.3. The van der Waals surface area contributed by atoms with Crippen molar-refractivity contribution in [3.63, 3.8) is 0 Å². The Morgan fingerprint density at radius 3 is 2.32 bits per heavy atom. The molecule has 0 radical (unpaired) electrons. The highest BCUT2D eigenvalue weighted by atomic mass is 16.4. The van der Waals surface area contributed by atoms with E-state index >= 15 is 0 Å². The molecule has 0 fully saturated rings. The number of rotatable bonds is 2. The summed E-state index contributed by atoms with van der Waals surface area (Å²) in [5.41, 5.74) is 1.23. The lowest BCUT2D eigenvalue weighted by Gasteiger charge is -1.97. The van der Waals surface area contributed by atoms with Gasteiger partial charge in [0.2, 0.25) is 11.6 Å². The minimum absolute atomic E-state index is 0.0439. The summed E-state index contributed by atoms with van der Waals surface area (Å²) in [7, 11) is 0. The van der Waals surface area contributed by atoms with E-state index < -0.39 is 5.97 Å². The molecule has 22 heavy (non-hydrogen) atoms. The van der Waals surface area contributed by atoms with Crippen molar-refractivity contribution in [2.24, 2.45) is 0 Å². The molecule has 2 heterocycles. The van der Waals surface area contributed by atoms with Crippen LogP contribution in [0.2, 0.25) is 0 Å². The lowest BCUT2D eigenvalue weighted by Crippen LogP contribution is -1.93. The second-order valence-electron chi connectivity index (χ2n) is 5.01. The molecule has 0 aliphatic carbocycles. The molecule has 4 aromatic rings. The Bertz CT molecular complexity index is 1030. The first kappa shape index (κ1) is 12.5. The molecule has 0 aliphatic heterocycles. The SMILES string of the molecule is O=C(O)c1oc(-c2c(O)[nH]c3ccccc23)c2ccccc12. The summed E-state index contributed by atoms with van der Waals surface area (Å²) in [5, 5.41) is 21.5. The number of aromatic hydroxyl groups is 1. The van der Waals surface area contributed by atoms with Gasteiger partial charge in [-0.1, -0.05) is 42.5 Å². The van der Waals surface area contributed by atoms with E-state index in [9.17, 15) is 15.0 Å². The zero-order chi connectivity index (χ0) is 15.3. The number of furan rings is 1. The molecular weight excluding hydrogens is 282 g/mol. The van der Waals surface area contributed by atoms with Crippen molar-refractivity contribution in [1.82, 2.24) is 4.98 Å². The Kier molecular flexibility index (Phi) is 2.50. The van der Waals surface area contributed by atoms with Gasteiger partial charge in [-0.2, -0.15) is 0 Å². The quantitative estimate of drug-likeness (QED) is 0.521. The molecule has 3 N–H and O–H groups in total. The molecule has 0 saturated heterocycles. The molecule has 0 atom stereocenters. The van der Waals surface area contributed by atoms with E-state index in [0.29, 0.717) is 22.1 Å². The van der Waals surface area contributed by atoms with Crippen LogP contribution < -0.4 is 0 Å². The standard InChI is InChI=1S/C17H11NO4/c19-16-13(11-7-3-4-8-12(11)18-16)14-9-5-1-2-6-10(9)15(22-14)17(20)21/h1-8,18-19H,(H,20,21). The summed E-state index contributed by atoms with van der Waals surface area (Å²) in [6.07, 6.45) is 0. The van der Waals surface area contributed by atoms with Crippen molar-refractivity contribution in [1.29, 1.82) is 0 Å². The number of aromatic carboxylic acids is 1. The maximum absolute atomic E-state index is 11.4. The molecule has 2 aromatic carbocycles. The largest absolute Gasteiger partial charge is 0.494 e. The third-order valence-electron chi connectivity index (χ3n) is 3.73. The fourth-order valence-corrected chi connectivity index (χ4v) is 2.79. The number of para-hydroxylation sites is 1. The van der Waals surface area contributed by atoms with Crippen LogP contribution >= 0.6 is 0 Å². The van der Waals surface area contributed by atoms with Crippen LogP contribution in [-0.4, -0.2) is 21.2 Å². The fourth-order valence-electron chi connectivity index (χ4n) is 2.79. The molecule has 5 nitrogen and oxygen atoms in total. The first-order chi connectivity index (χ1) is 10.7. The van der Waals surface area contributed by atoms with Crippen molar-refractivity contribution in [3.05, 3.63) is 54.3 Å². The number of carboxylic acid groups (broad SMARTS) is 1. The van der Waals surface area contributed by atoms with Crippen LogP contribution in [0.25, 0.3) is 33.0 Å². The number of carboxylic acids is 1. The molecule has 0 aliphatic rings. The molecule has 4 rings (SSSR count). The second-order valence-corrected chi connectivity index (χ2v) is 5.01. The van der Waals surface area contributed by atoms with Gasteiger partial charge in [0, 0.05) is 21.7 Å². The molecule has 5 heteroatoms. The highest BCUT2D eigenvalue weighted by molar-refractivity contribution is 6.10. The highest BCUT2D eigenvalue weighted by Gasteiger charge is 2.23. The van der Waals surface area contributed by atoms with Crippen LogP contribution in [0.15, 0.2) is 52.9 Å². The fraction of sp³-hybridized carbons (Fsp3) is 0. The van der Waals surface area contributed by atoms with Gasteiger partial charge >= 0.3 is 5.97 Å². The van der Waals surface area contributed by atoms with Gasteiger partial charge in [0.05, 0.1) is 5.56 Å². The normalized spacial score (nSPS) is 11.3. The highest BCUT2D eigenvalue weighted by Crippen LogP contribution is 2.42. The number of aromatic amines is 1. The lowest BCUT2D eigenvalue weighted by atomic mass is 10.1. The zero-order valence-electron chi connectivity index (χ0n) is 11.3. The van der Waals surface area contributed by atoms with Crippen LogP contribution in [-0.2, 0) is 0 Å². The summed E-state index contributed by atoms with van der Waals surface area (Å²) in [6, 6.07) is 14.4. The minimum Gasteiger partial charge on any atom is -0.494 e. The van der Waals surface area contributed by atoms with Gasteiger partial charge < -0.3 is 19.6 Å². The molecule has 0 spiro atoms. The van der Waals surface area contributed by atoms with Crippen molar-refractivity contribution in [2.75, 3.05) is 0 Å². The Labute approximate surface area is 124 Å². The summed E-state index contributed by atoms with van der Waals surface area (Å²) >= 11 is 0.